The Morgan fingerprint density at radius 3 is 2.40 bits per heavy atom. The van der Waals surface area contributed by atoms with E-state index in [4.69, 9.17) is 5.73 Å². The van der Waals surface area contributed by atoms with Crippen molar-refractivity contribution in [2.75, 3.05) is 45.8 Å². The van der Waals surface area contributed by atoms with Crippen molar-refractivity contribution >= 4 is 0 Å². The van der Waals surface area contributed by atoms with Crippen molar-refractivity contribution < 1.29 is 0 Å². The molecule has 1 saturated heterocycles. The van der Waals surface area contributed by atoms with Crippen molar-refractivity contribution in [3.05, 3.63) is 0 Å². The summed E-state index contributed by atoms with van der Waals surface area (Å²) in [5.74, 6) is 0.916. The molecule has 0 aromatic rings. The summed E-state index contributed by atoms with van der Waals surface area (Å²) in [5, 5.41) is 0. The summed E-state index contributed by atoms with van der Waals surface area (Å²) in [5.41, 5.74) is 5.58. The number of rotatable bonds is 10. The normalized spacial score (nSPS) is 19.9. The molecular weight excluding hydrogens is 246 g/mol. The van der Waals surface area contributed by atoms with Crippen molar-refractivity contribution in [2.24, 2.45) is 11.7 Å². The highest BCUT2D eigenvalue weighted by Gasteiger charge is 2.17. The Bertz CT molecular complexity index is 220. The Morgan fingerprint density at radius 1 is 0.950 bits per heavy atom. The molecular formula is C17H37N3. The predicted octanol–water partition coefficient (Wildman–Crippen LogP) is 2.95. The fourth-order valence-corrected chi connectivity index (χ4v) is 3.19. The molecule has 0 amide bonds. The van der Waals surface area contributed by atoms with Gasteiger partial charge in [-0.3, -0.25) is 0 Å². The van der Waals surface area contributed by atoms with Crippen molar-refractivity contribution in [1.29, 1.82) is 0 Å². The Morgan fingerprint density at radius 2 is 1.70 bits per heavy atom. The first-order chi connectivity index (χ1) is 9.80. The molecule has 20 heavy (non-hydrogen) atoms. The lowest BCUT2D eigenvalue weighted by atomic mass is 9.98. The van der Waals surface area contributed by atoms with Gasteiger partial charge in [-0.15, -0.1) is 0 Å². The first kappa shape index (κ1) is 17.9. The van der Waals surface area contributed by atoms with Crippen LogP contribution in [-0.2, 0) is 0 Å². The Balaban J connectivity index is 2.24. The van der Waals surface area contributed by atoms with Gasteiger partial charge >= 0.3 is 0 Å². The van der Waals surface area contributed by atoms with Gasteiger partial charge in [-0.05, 0) is 57.8 Å². The van der Waals surface area contributed by atoms with Gasteiger partial charge in [0.1, 0.15) is 0 Å². The molecule has 1 heterocycles. The fraction of sp³-hybridized carbons (Fsp3) is 1.00. The maximum atomic E-state index is 5.58. The molecule has 1 fully saturated rings. The van der Waals surface area contributed by atoms with Crippen molar-refractivity contribution in [1.82, 2.24) is 9.80 Å². The maximum absolute atomic E-state index is 5.58. The second kappa shape index (κ2) is 11.5. The smallest absolute Gasteiger partial charge is 0.0109 e. The van der Waals surface area contributed by atoms with Gasteiger partial charge in [-0.1, -0.05) is 33.1 Å². The van der Waals surface area contributed by atoms with Gasteiger partial charge in [0.15, 0.2) is 0 Å². The first-order valence-electron chi connectivity index (χ1n) is 8.94. The first-order valence-corrected chi connectivity index (χ1v) is 8.94. The SMILES string of the molecule is CCCCC(CC)CN1CCCN(CCCCN)CC1. The molecule has 1 rings (SSSR count). The lowest BCUT2D eigenvalue weighted by Crippen LogP contribution is -2.34. The van der Waals surface area contributed by atoms with Gasteiger partial charge in [0.05, 0.1) is 0 Å². The highest BCUT2D eigenvalue weighted by Crippen LogP contribution is 2.15. The molecule has 0 aliphatic carbocycles. The quantitative estimate of drug-likeness (QED) is 0.626. The standard InChI is InChI=1S/C17H37N3/c1-3-5-9-17(4-2)16-20-13-8-12-19(14-15-20)11-7-6-10-18/h17H,3-16,18H2,1-2H3. The second-order valence-corrected chi connectivity index (χ2v) is 6.41. The van der Waals surface area contributed by atoms with Crippen LogP contribution in [0.3, 0.4) is 0 Å². The average Bonchev–Trinajstić information content (AvgIpc) is 2.69. The van der Waals surface area contributed by atoms with Crippen LogP contribution in [0.4, 0.5) is 0 Å². The zero-order valence-electron chi connectivity index (χ0n) is 13.9. The zero-order valence-corrected chi connectivity index (χ0v) is 13.9. The number of unbranched alkanes of at least 4 members (excludes halogenated alkanes) is 2. The van der Waals surface area contributed by atoms with Crippen LogP contribution in [0.15, 0.2) is 0 Å². The highest BCUT2D eigenvalue weighted by molar-refractivity contribution is 4.72. The Labute approximate surface area is 126 Å². The molecule has 3 heteroatoms. The summed E-state index contributed by atoms with van der Waals surface area (Å²) in [7, 11) is 0. The van der Waals surface area contributed by atoms with Crippen LogP contribution >= 0.6 is 0 Å². The van der Waals surface area contributed by atoms with Crippen molar-refractivity contribution in [2.45, 2.75) is 58.8 Å². The van der Waals surface area contributed by atoms with Gasteiger partial charge < -0.3 is 15.5 Å². The zero-order chi connectivity index (χ0) is 14.6. The molecule has 1 unspecified atom stereocenters. The van der Waals surface area contributed by atoms with Gasteiger partial charge in [0.2, 0.25) is 0 Å². The highest BCUT2D eigenvalue weighted by atomic mass is 15.2. The third kappa shape index (κ3) is 7.61. The van der Waals surface area contributed by atoms with E-state index in [1.54, 1.807) is 0 Å². The molecule has 0 spiro atoms. The molecule has 3 nitrogen and oxygen atoms in total. The largest absolute Gasteiger partial charge is 0.330 e. The van der Waals surface area contributed by atoms with Crippen molar-refractivity contribution in [3.63, 3.8) is 0 Å². The molecule has 1 atom stereocenters. The van der Waals surface area contributed by atoms with E-state index < -0.39 is 0 Å². The van der Waals surface area contributed by atoms with Crippen LogP contribution in [-0.4, -0.2) is 55.6 Å². The summed E-state index contributed by atoms with van der Waals surface area (Å²) in [6.45, 7) is 13.2. The molecule has 1 aliphatic rings. The topological polar surface area (TPSA) is 32.5 Å². The fourth-order valence-electron chi connectivity index (χ4n) is 3.19. The summed E-state index contributed by atoms with van der Waals surface area (Å²) < 4.78 is 0. The molecule has 1 aliphatic heterocycles. The molecule has 0 aromatic carbocycles. The molecule has 0 radical (unpaired) electrons. The van der Waals surface area contributed by atoms with E-state index in [-0.39, 0.29) is 0 Å². The van der Waals surface area contributed by atoms with Crippen LogP contribution in [0.1, 0.15) is 58.8 Å². The molecule has 2 N–H and O–H groups in total. The van der Waals surface area contributed by atoms with E-state index >= 15 is 0 Å². The van der Waals surface area contributed by atoms with E-state index in [0.29, 0.717) is 0 Å². The molecule has 0 saturated carbocycles. The number of hydrogen-bond donors (Lipinski definition) is 1. The monoisotopic (exact) mass is 283 g/mol. The predicted molar refractivity (Wildman–Crippen MR) is 89.1 cm³/mol. The van der Waals surface area contributed by atoms with E-state index in [9.17, 15) is 0 Å². The summed E-state index contributed by atoms with van der Waals surface area (Å²) in [6, 6.07) is 0. The minimum Gasteiger partial charge on any atom is -0.330 e. The molecule has 0 bridgehead atoms. The average molecular weight is 284 g/mol. The third-order valence-corrected chi connectivity index (χ3v) is 4.67. The van der Waals surface area contributed by atoms with Crippen LogP contribution < -0.4 is 5.73 Å². The van der Waals surface area contributed by atoms with Gasteiger partial charge in [-0.2, -0.15) is 0 Å². The Hall–Kier alpha value is -0.120. The molecule has 0 aromatic heterocycles. The number of nitrogens with zero attached hydrogens (tertiary/aromatic N) is 2. The van der Waals surface area contributed by atoms with Crippen molar-refractivity contribution in [3.8, 4) is 0 Å². The van der Waals surface area contributed by atoms with Gasteiger partial charge in [0.25, 0.3) is 0 Å². The maximum Gasteiger partial charge on any atom is 0.0109 e. The lowest BCUT2D eigenvalue weighted by Gasteiger charge is -2.26. The van der Waals surface area contributed by atoms with E-state index in [1.165, 1.54) is 84.2 Å². The second-order valence-electron chi connectivity index (χ2n) is 6.41. The van der Waals surface area contributed by atoms with E-state index in [2.05, 4.69) is 23.6 Å². The van der Waals surface area contributed by atoms with Crippen LogP contribution in [0.5, 0.6) is 0 Å². The van der Waals surface area contributed by atoms with Crippen LogP contribution in [0, 0.1) is 5.92 Å². The van der Waals surface area contributed by atoms with Gasteiger partial charge in [0, 0.05) is 19.6 Å². The van der Waals surface area contributed by atoms with E-state index in [1.807, 2.05) is 0 Å². The summed E-state index contributed by atoms with van der Waals surface area (Å²) >= 11 is 0. The van der Waals surface area contributed by atoms with Crippen LogP contribution in [0.2, 0.25) is 0 Å². The molecule has 120 valence electrons. The van der Waals surface area contributed by atoms with E-state index in [0.717, 1.165) is 12.5 Å². The summed E-state index contributed by atoms with van der Waals surface area (Å²) in [4.78, 5) is 5.36. The minimum absolute atomic E-state index is 0.843. The summed E-state index contributed by atoms with van der Waals surface area (Å²) in [6.07, 6.45) is 9.29. The number of hydrogen-bond acceptors (Lipinski definition) is 3. The van der Waals surface area contributed by atoms with Gasteiger partial charge in [-0.25, -0.2) is 0 Å². The lowest BCUT2D eigenvalue weighted by molar-refractivity contribution is 0.217. The minimum atomic E-state index is 0.843. The Kier molecular flexibility index (Phi) is 10.3. The third-order valence-electron chi connectivity index (χ3n) is 4.67. The van der Waals surface area contributed by atoms with Crippen LogP contribution in [0.25, 0.3) is 0 Å². The number of nitrogens with two attached hydrogens (primary N) is 1.